The number of nitrogens with zero attached hydrogens (tertiary/aromatic N) is 2. The quantitative estimate of drug-likeness (QED) is 0.681. The Hall–Kier alpha value is -1.95. The molecule has 0 bridgehead atoms. The Balaban J connectivity index is 2.04. The third-order valence-electron chi connectivity index (χ3n) is 2.71. The topological polar surface area (TPSA) is 54.9 Å². The highest BCUT2D eigenvalue weighted by atomic mass is 32.2. The van der Waals surface area contributed by atoms with Crippen LogP contribution in [-0.4, -0.2) is 21.6 Å². The van der Waals surface area contributed by atoms with Gasteiger partial charge in [-0.2, -0.15) is 0 Å². The van der Waals surface area contributed by atoms with Crippen molar-refractivity contribution in [2.75, 3.05) is 5.75 Å². The van der Waals surface area contributed by atoms with Crippen molar-refractivity contribution in [2.24, 2.45) is 0 Å². The molecule has 1 aromatic heterocycles. The molecule has 0 fully saturated rings. The van der Waals surface area contributed by atoms with Crippen LogP contribution in [0.25, 0.3) is 0 Å². The molecule has 2 rings (SSSR count). The molecule has 1 N–H and O–H groups in total. The van der Waals surface area contributed by atoms with Crippen LogP contribution in [0.4, 0.5) is 4.39 Å². The second-order valence-electron chi connectivity index (χ2n) is 4.42. The predicted octanol–water partition coefficient (Wildman–Crippen LogP) is 2.97. The number of halogens is 1. The van der Waals surface area contributed by atoms with Crippen molar-refractivity contribution in [2.45, 2.75) is 25.5 Å². The summed E-state index contributed by atoms with van der Waals surface area (Å²) in [5.41, 5.74) is 1.94. The molecule has 0 saturated carbocycles. The van der Waals surface area contributed by atoms with E-state index in [4.69, 9.17) is 0 Å². The Bertz CT molecular complexity index is 631. The number of hydrogen-bond donors (Lipinski definition) is 1. The average molecular weight is 305 g/mol. The lowest BCUT2D eigenvalue weighted by Gasteiger charge is -2.07. The smallest absolute Gasteiger partial charge is 0.270 e. The van der Waals surface area contributed by atoms with Gasteiger partial charge in [0.15, 0.2) is 5.16 Å². The highest BCUT2D eigenvalue weighted by Crippen LogP contribution is 2.13. The van der Waals surface area contributed by atoms with Crippen LogP contribution >= 0.6 is 11.8 Å². The van der Waals surface area contributed by atoms with Gasteiger partial charge in [0.1, 0.15) is 11.5 Å². The molecule has 6 heteroatoms. The van der Waals surface area contributed by atoms with E-state index < -0.39 is 0 Å². The number of carbonyl (C=O) groups is 1. The van der Waals surface area contributed by atoms with Gasteiger partial charge >= 0.3 is 0 Å². The van der Waals surface area contributed by atoms with Gasteiger partial charge < -0.3 is 5.32 Å². The molecule has 1 aromatic carbocycles. The highest BCUT2D eigenvalue weighted by molar-refractivity contribution is 7.99. The maximum absolute atomic E-state index is 12.8. The third-order valence-corrected chi connectivity index (χ3v) is 3.44. The van der Waals surface area contributed by atoms with E-state index in [1.54, 1.807) is 18.2 Å². The molecule has 0 aliphatic rings. The monoisotopic (exact) mass is 305 g/mol. The number of aryl methyl sites for hydroxylation is 1. The summed E-state index contributed by atoms with van der Waals surface area (Å²) < 4.78 is 12.8. The fourth-order valence-electron chi connectivity index (χ4n) is 1.73. The van der Waals surface area contributed by atoms with Gasteiger partial charge in [0.2, 0.25) is 0 Å². The number of benzene rings is 1. The number of hydrogen-bond acceptors (Lipinski definition) is 4. The first kappa shape index (κ1) is 15.4. The largest absolute Gasteiger partial charge is 0.347 e. The third kappa shape index (κ3) is 4.53. The number of rotatable bonds is 5. The lowest BCUT2D eigenvalue weighted by atomic mass is 10.2. The molecule has 2 aromatic rings. The fourth-order valence-corrected chi connectivity index (χ4v) is 2.36. The highest BCUT2D eigenvalue weighted by Gasteiger charge is 2.10. The summed E-state index contributed by atoms with van der Waals surface area (Å²) in [6, 6.07) is 7.66. The number of nitrogens with one attached hydrogen (secondary N) is 1. The van der Waals surface area contributed by atoms with Crippen LogP contribution in [0.2, 0.25) is 0 Å². The van der Waals surface area contributed by atoms with E-state index in [0.717, 1.165) is 17.0 Å². The number of aromatic nitrogens is 2. The van der Waals surface area contributed by atoms with Crippen LogP contribution in [0.15, 0.2) is 35.5 Å². The maximum Gasteiger partial charge on any atom is 0.270 e. The molecule has 0 saturated heterocycles. The number of carbonyl (C=O) groups excluding carboxylic acids is 1. The first-order chi connectivity index (χ1) is 10.1. The van der Waals surface area contributed by atoms with Crippen molar-refractivity contribution in [3.63, 3.8) is 0 Å². The zero-order chi connectivity index (χ0) is 15.2. The Labute approximate surface area is 127 Å². The van der Waals surface area contributed by atoms with Gasteiger partial charge in [-0.15, -0.1) is 0 Å². The van der Waals surface area contributed by atoms with Crippen molar-refractivity contribution < 1.29 is 9.18 Å². The summed E-state index contributed by atoms with van der Waals surface area (Å²) in [4.78, 5) is 20.6. The van der Waals surface area contributed by atoms with Gasteiger partial charge in [-0.05, 0) is 36.4 Å². The SMILES string of the molecule is CCSc1nc(C)cc(C(=O)NCc2ccc(F)cc2)n1. The molecular formula is C15H16FN3OS. The molecule has 0 spiro atoms. The molecule has 1 amide bonds. The van der Waals surface area contributed by atoms with Gasteiger partial charge in [-0.25, -0.2) is 14.4 Å². The number of thioether (sulfide) groups is 1. The van der Waals surface area contributed by atoms with E-state index in [-0.39, 0.29) is 11.7 Å². The summed E-state index contributed by atoms with van der Waals surface area (Å²) >= 11 is 1.49. The van der Waals surface area contributed by atoms with Crippen molar-refractivity contribution in [3.8, 4) is 0 Å². The van der Waals surface area contributed by atoms with Crippen LogP contribution in [0, 0.1) is 12.7 Å². The van der Waals surface area contributed by atoms with E-state index in [2.05, 4.69) is 15.3 Å². The molecule has 4 nitrogen and oxygen atoms in total. The van der Waals surface area contributed by atoms with E-state index in [9.17, 15) is 9.18 Å². The zero-order valence-corrected chi connectivity index (χ0v) is 12.7. The molecule has 0 unspecified atom stereocenters. The Morgan fingerprint density at radius 3 is 2.67 bits per heavy atom. The second kappa shape index (κ2) is 7.17. The van der Waals surface area contributed by atoms with Crippen LogP contribution in [0.1, 0.15) is 28.7 Å². The van der Waals surface area contributed by atoms with Crippen molar-refractivity contribution in [3.05, 3.63) is 53.1 Å². The van der Waals surface area contributed by atoms with Crippen LogP contribution < -0.4 is 5.32 Å². The molecule has 0 aliphatic carbocycles. The lowest BCUT2D eigenvalue weighted by molar-refractivity contribution is 0.0945. The van der Waals surface area contributed by atoms with E-state index in [1.165, 1.54) is 23.9 Å². The van der Waals surface area contributed by atoms with E-state index in [1.807, 2.05) is 13.8 Å². The lowest BCUT2D eigenvalue weighted by Crippen LogP contribution is -2.24. The number of amides is 1. The molecule has 110 valence electrons. The van der Waals surface area contributed by atoms with Crippen molar-refractivity contribution in [1.82, 2.24) is 15.3 Å². The Kier molecular flexibility index (Phi) is 5.27. The van der Waals surface area contributed by atoms with E-state index >= 15 is 0 Å². The predicted molar refractivity (Wildman–Crippen MR) is 80.7 cm³/mol. The first-order valence-corrected chi connectivity index (χ1v) is 7.58. The van der Waals surface area contributed by atoms with Crippen LogP contribution in [0.3, 0.4) is 0 Å². The average Bonchev–Trinajstić information content (AvgIpc) is 2.46. The molecule has 1 heterocycles. The van der Waals surface area contributed by atoms with Gasteiger partial charge in [-0.3, -0.25) is 4.79 Å². The second-order valence-corrected chi connectivity index (χ2v) is 5.65. The molecule has 0 radical (unpaired) electrons. The summed E-state index contributed by atoms with van der Waals surface area (Å²) in [6.45, 7) is 4.17. The van der Waals surface area contributed by atoms with Gasteiger partial charge in [-0.1, -0.05) is 30.8 Å². The first-order valence-electron chi connectivity index (χ1n) is 6.59. The maximum atomic E-state index is 12.8. The van der Waals surface area contributed by atoms with Gasteiger partial charge in [0, 0.05) is 12.2 Å². The summed E-state index contributed by atoms with van der Waals surface area (Å²) in [6.07, 6.45) is 0. The molecule has 0 atom stereocenters. The van der Waals surface area contributed by atoms with Gasteiger partial charge in [0.05, 0.1) is 0 Å². The molecular weight excluding hydrogens is 289 g/mol. The minimum absolute atomic E-state index is 0.261. The van der Waals surface area contributed by atoms with Gasteiger partial charge in [0.25, 0.3) is 5.91 Å². The fraction of sp³-hybridized carbons (Fsp3) is 0.267. The minimum Gasteiger partial charge on any atom is -0.347 e. The Morgan fingerprint density at radius 1 is 1.29 bits per heavy atom. The summed E-state index contributed by atoms with van der Waals surface area (Å²) in [5, 5.41) is 3.37. The standard InChI is InChI=1S/C15H16FN3OS/c1-3-21-15-18-10(2)8-13(19-15)14(20)17-9-11-4-6-12(16)7-5-11/h4-8H,3,9H2,1-2H3,(H,17,20). The zero-order valence-electron chi connectivity index (χ0n) is 11.9. The van der Waals surface area contributed by atoms with E-state index in [0.29, 0.717) is 17.4 Å². The molecule has 0 aliphatic heterocycles. The van der Waals surface area contributed by atoms with Crippen LogP contribution in [-0.2, 0) is 6.54 Å². The summed E-state index contributed by atoms with van der Waals surface area (Å²) in [5.74, 6) is 0.292. The van der Waals surface area contributed by atoms with Crippen molar-refractivity contribution in [1.29, 1.82) is 0 Å². The Morgan fingerprint density at radius 2 is 2.00 bits per heavy atom. The minimum atomic E-state index is -0.294. The summed E-state index contributed by atoms with van der Waals surface area (Å²) in [7, 11) is 0. The molecule has 21 heavy (non-hydrogen) atoms. The van der Waals surface area contributed by atoms with Crippen molar-refractivity contribution >= 4 is 17.7 Å². The normalized spacial score (nSPS) is 10.4. The van der Waals surface area contributed by atoms with Crippen LogP contribution in [0.5, 0.6) is 0 Å².